The molecule has 0 spiro atoms. The summed E-state index contributed by atoms with van der Waals surface area (Å²) in [6.07, 6.45) is 0. The maximum absolute atomic E-state index is 12.7. The van der Waals surface area contributed by atoms with Gasteiger partial charge in [-0.05, 0) is 36.9 Å². The lowest BCUT2D eigenvalue weighted by Gasteiger charge is -2.18. The van der Waals surface area contributed by atoms with Crippen LogP contribution in [0.1, 0.15) is 11.5 Å². The number of rotatable bonds is 4. The van der Waals surface area contributed by atoms with Crippen LogP contribution >= 0.6 is 0 Å². The van der Waals surface area contributed by atoms with E-state index in [0.29, 0.717) is 0 Å². The molecular weight excluding hydrogens is 288 g/mol. The molecule has 4 nitrogen and oxygen atoms in total. The number of anilines is 1. The Morgan fingerprint density at radius 2 is 1.78 bits per heavy atom. The molecule has 4 heteroatoms. The van der Waals surface area contributed by atoms with Gasteiger partial charge in [-0.25, -0.2) is 0 Å². The third-order valence-electron chi connectivity index (χ3n) is 4.42. The highest BCUT2D eigenvalue weighted by Gasteiger charge is 2.36. The van der Waals surface area contributed by atoms with Crippen molar-refractivity contribution in [2.75, 3.05) is 32.6 Å². The molecule has 0 saturated carbocycles. The minimum atomic E-state index is -0.0375. The number of hydrogen-bond donors (Lipinski definition) is 1. The molecule has 3 rings (SSSR count). The summed E-state index contributed by atoms with van der Waals surface area (Å²) in [6.45, 7) is 1.69. The number of carbonyl (C=O) groups is 1. The Balaban J connectivity index is 1.74. The smallest absolute Gasteiger partial charge is 0.229 e. The van der Waals surface area contributed by atoms with E-state index in [1.807, 2.05) is 42.5 Å². The Hall–Kier alpha value is -2.33. The van der Waals surface area contributed by atoms with Gasteiger partial charge in [-0.3, -0.25) is 4.79 Å². The molecule has 120 valence electrons. The van der Waals surface area contributed by atoms with Crippen LogP contribution in [0.25, 0.3) is 0 Å². The third kappa shape index (κ3) is 3.54. The van der Waals surface area contributed by atoms with Crippen LogP contribution in [-0.2, 0) is 4.79 Å². The van der Waals surface area contributed by atoms with Crippen molar-refractivity contribution in [1.82, 2.24) is 4.90 Å². The number of amides is 1. The maximum Gasteiger partial charge on any atom is 0.229 e. The van der Waals surface area contributed by atoms with Gasteiger partial charge in [0, 0.05) is 24.7 Å². The molecule has 1 fully saturated rings. The van der Waals surface area contributed by atoms with Crippen molar-refractivity contribution in [1.29, 1.82) is 0 Å². The topological polar surface area (TPSA) is 41.6 Å². The molecule has 1 aliphatic heterocycles. The second-order valence-corrected chi connectivity index (χ2v) is 6.06. The molecule has 2 aromatic rings. The number of likely N-dealkylation sites (tertiary alicyclic amines) is 1. The zero-order valence-corrected chi connectivity index (χ0v) is 13.5. The van der Waals surface area contributed by atoms with E-state index in [1.54, 1.807) is 7.11 Å². The Kier molecular flexibility index (Phi) is 4.63. The lowest BCUT2D eigenvalue weighted by molar-refractivity contribution is -0.119. The van der Waals surface area contributed by atoms with E-state index < -0.39 is 0 Å². The van der Waals surface area contributed by atoms with E-state index in [9.17, 15) is 4.79 Å². The zero-order chi connectivity index (χ0) is 16.2. The van der Waals surface area contributed by atoms with Gasteiger partial charge in [-0.15, -0.1) is 0 Å². The van der Waals surface area contributed by atoms with Crippen molar-refractivity contribution >= 4 is 11.6 Å². The summed E-state index contributed by atoms with van der Waals surface area (Å²) in [5, 5.41) is 3.03. The molecule has 1 heterocycles. The van der Waals surface area contributed by atoms with Crippen molar-refractivity contribution < 1.29 is 9.53 Å². The van der Waals surface area contributed by atoms with E-state index in [4.69, 9.17) is 4.74 Å². The van der Waals surface area contributed by atoms with Crippen molar-refractivity contribution in [2.24, 2.45) is 5.92 Å². The Morgan fingerprint density at radius 3 is 2.43 bits per heavy atom. The number of nitrogens with one attached hydrogen (secondary N) is 1. The third-order valence-corrected chi connectivity index (χ3v) is 4.42. The molecule has 1 N–H and O–H groups in total. The van der Waals surface area contributed by atoms with Crippen LogP contribution in [0.5, 0.6) is 5.75 Å². The Morgan fingerprint density at radius 1 is 1.09 bits per heavy atom. The number of hydrogen-bond acceptors (Lipinski definition) is 3. The molecule has 0 bridgehead atoms. The number of benzene rings is 2. The van der Waals surface area contributed by atoms with E-state index in [0.717, 1.165) is 24.5 Å². The van der Waals surface area contributed by atoms with Crippen LogP contribution in [-0.4, -0.2) is 38.1 Å². The van der Waals surface area contributed by atoms with Crippen molar-refractivity contribution in [3.63, 3.8) is 0 Å². The highest BCUT2D eigenvalue weighted by molar-refractivity contribution is 5.93. The molecule has 2 aromatic carbocycles. The number of nitrogens with zero attached hydrogens (tertiary/aromatic N) is 1. The van der Waals surface area contributed by atoms with Gasteiger partial charge in [0.25, 0.3) is 0 Å². The highest BCUT2D eigenvalue weighted by atomic mass is 16.5. The number of carbonyl (C=O) groups excluding carboxylic acids is 1. The lowest BCUT2D eigenvalue weighted by atomic mass is 9.88. The summed E-state index contributed by atoms with van der Waals surface area (Å²) in [6, 6.07) is 17.7. The zero-order valence-electron chi connectivity index (χ0n) is 13.5. The lowest BCUT2D eigenvalue weighted by Crippen LogP contribution is -2.28. The normalized spacial score (nSPS) is 21.1. The second-order valence-electron chi connectivity index (χ2n) is 6.06. The second kappa shape index (κ2) is 6.84. The predicted octanol–water partition coefficient (Wildman–Crippen LogP) is 2.98. The minimum Gasteiger partial charge on any atom is -0.497 e. The van der Waals surface area contributed by atoms with Gasteiger partial charge < -0.3 is 15.0 Å². The summed E-state index contributed by atoms with van der Waals surface area (Å²) in [7, 11) is 3.70. The quantitative estimate of drug-likeness (QED) is 0.944. The number of likely N-dealkylation sites (N-methyl/N-ethyl adjacent to an activating group) is 1. The van der Waals surface area contributed by atoms with Crippen LogP contribution in [0.2, 0.25) is 0 Å². The first kappa shape index (κ1) is 15.6. The summed E-state index contributed by atoms with van der Waals surface area (Å²) < 4.78 is 5.14. The van der Waals surface area contributed by atoms with Gasteiger partial charge in [-0.1, -0.05) is 30.3 Å². The number of ether oxygens (including phenoxy) is 1. The maximum atomic E-state index is 12.7. The molecule has 1 saturated heterocycles. The monoisotopic (exact) mass is 310 g/mol. The minimum absolute atomic E-state index is 0.0375. The van der Waals surface area contributed by atoms with Gasteiger partial charge in [0.2, 0.25) is 5.91 Å². The van der Waals surface area contributed by atoms with E-state index >= 15 is 0 Å². The van der Waals surface area contributed by atoms with Gasteiger partial charge in [-0.2, -0.15) is 0 Å². The standard InChI is InChI=1S/C19H22N2O2/c1-21-12-17(14-6-4-3-5-7-14)18(13-21)19(22)20-15-8-10-16(23-2)11-9-15/h3-11,17-18H,12-13H2,1-2H3,(H,20,22)/t17-,18+/m1/s1. The first-order chi connectivity index (χ1) is 11.2. The van der Waals surface area contributed by atoms with Gasteiger partial charge in [0.15, 0.2) is 0 Å². The molecule has 23 heavy (non-hydrogen) atoms. The van der Waals surface area contributed by atoms with Crippen molar-refractivity contribution in [2.45, 2.75) is 5.92 Å². The van der Waals surface area contributed by atoms with Crippen LogP contribution in [0.3, 0.4) is 0 Å². The first-order valence-corrected chi connectivity index (χ1v) is 7.86. The predicted molar refractivity (Wildman–Crippen MR) is 91.8 cm³/mol. The summed E-state index contributed by atoms with van der Waals surface area (Å²) in [5.74, 6) is 1.06. The van der Waals surface area contributed by atoms with Gasteiger partial charge in [0.1, 0.15) is 5.75 Å². The van der Waals surface area contributed by atoms with Crippen LogP contribution in [0.4, 0.5) is 5.69 Å². The van der Waals surface area contributed by atoms with Crippen LogP contribution in [0, 0.1) is 5.92 Å². The highest BCUT2D eigenvalue weighted by Crippen LogP contribution is 2.32. The number of methoxy groups -OCH3 is 1. The van der Waals surface area contributed by atoms with E-state index in [1.165, 1.54) is 5.56 Å². The molecule has 0 radical (unpaired) electrons. The molecule has 0 unspecified atom stereocenters. The van der Waals surface area contributed by atoms with Crippen LogP contribution < -0.4 is 10.1 Å². The van der Waals surface area contributed by atoms with E-state index in [-0.39, 0.29) is 17.7 Å². The molecule has 2 atom stereocenters. The fourth-order valence-electron chi connectivity index (χ4n) is 3.21. The average molecular weight is 310 g/mol. The summed E-state index contributed by atoms with van der Waals surface area (Å²) in [4.78, 5) is 14.9. The van der Waals surface area contributed by atoms with Crippen molar-refractivity contribution in [3.8, 4) is 5.75 Å². The summed E-state index contributed by atoms with van der Waals surface area (Å²) in [5.41, 5.74) is 2.03. The average Bonchev–Trinajstić information content (AvgIpc) is 2.98. The molecule has 0 aliphatic carbocycles. The SMILES string of the molecule is COc1ccc(NC(=O)[C@H]2CN(C)C[C@@H]2c2ccccc2)cc1. The molecule has 0 aromatic heterocycles. The Labute approximate surface area is 137 Å². The first-order valence-electron chi connectivity index (χ1n) is 7.86. The van der Waals surface area contributed by atoms with Gasteiger partial charge in [0.05, 0.1) is 13.0 Å². The molecule has 1 aliphatic rings. The van der Waals surface area contributed by atoms with Gasteiger partial charge >= 0.3 is 0 Å². The van der Waals surface area contributed by atoms with E-state index in [2.05, 4.69) is 29.4 Å². The largest absolute Gasteiger partial charge is 0.497 e. The summed E-state index contributed by atoms with van der Waals surface area (Å²) >= 11 is 0. The fraction of sp³-hybridized carbons (Fsp3) is 0.316. The Bertz CT molecular complexity index is 655. The fourth-order valence-corrected chi connectivity index (χ4v) is 3.21. The van der Waals surface area contributed by atoms with Crippen LogP contribution in [0.15, 0.2) is 54.6 Å². The molecular formula is C19H22N2O2. The molecule has 1 amide bonds. The van der Waals surface area contributed by atoms with Crippen molar-refractivity contribution in [3.05, 3.63) is 60.2 Å².